The van der Waals surface area contributed by atoms with Gasteiger partial charge in [-0.25, -0.2) is 18.4 Å². The number of pyridine rings is 1. The zero-order valence-electron chi connectivity index (χ0n) is 20.6. The highest BCUT2D eigenvalue weighted by Crippen LogP contribution is 2.45. The molecule has 11 nitrogen and oxygen atoms in total. The van der Waals surface area contributed by atoms with Gasteiger partial charge in [0, 0.05) is 37.2 Å². The molecule has 0 amide bonds. The van der Waals surface area contributed by atoms with Crippen molar-refractivity contribution in [2.75, 3.05) is 34.8 Å². The van der Waals surface area contributed by atoms with Gasteiger partial charge in [-0.1, -0.05) is 18.2 Å². The first-order valence-electron chi connectivity index (χ1n) is 11.1. The Labute approximate surface area is 217 Å². The van der Waals surface area contributed by atoms with E-state index in [1.54, 1.807) is 25.1 Å². The van der Waals surface area contributed by atoms with Crippen molar-refractivity contribution in [1.29, 1.82) is 0 Å². The molecule has 0 spiro atoms. The van der Waals surface area contributed by atoms with Crippen molar-refractivity contribution in [2.45, 2.75) is 25.8 Å². The van der Waals surface area contributed by atoms with Crippen molar-refractivity contribution < 1.29 is 35.6 Å². The minimum atomic E-state index is -4.77. The van der Waals surface area contributed by atoms with E-state index in [0.29, 0.717) is 23.0 Å². The molecule has 0 saturated heterocycles. The third-order valence-corrected chi connectivity index (χ3v) is 7.69. The summed E-state index contributed by atoms with van der Waals surface area (Å²) in [6, 6.07) is 9.36. The van der Waals surface area contributed by atoms with Gasteiger partial charge >= 0.3 is 13.8 Å². The van der Waals surface area contributed by atoms with Gasteiger partial charge in [0.25, 0.3) is 0 Å². The summed E-state index contributed by atoms with van der Waals surface area (Å²) in [7, 11) is -6.23. The quantitative estimate of drug-likeness (QED) is 0.282. The summed E-state index contributed by atoms with van der Waals surface area (Å²) in [6.07, 6.45) is -2.07. The smallest absolute Gasteiger partial charge is 0.365 e. The lowest BCUT2D eigenvalue weighted by molar-refractivity contribution is -0.137. The first-order valence-corrected chi connectivity index (χ1v) is 14.7. The Kier molecular flexibility index (Phi) is 8.97. The summed E-state index contributed by atoms with van der Waals surface area (Å²) >= 11 is 0. The van der Waals surface area contributed by atoms with E-state index >= 15 is 0 Å². The van der Waals surface area contributed by atoms with E-state index in [0.717, 1.165) is 10.6 Å². The fourth-order valence-electron chi connectivity index (χ4n) is 3.33. The van der Waals surface area contributed by atoms with Crippen LogP contribution in [0.2, 0.25) is 0 Å². The molecule has 1 aromatic carbocycles. The maximum absolute atomic E-state index is 13.7. The standard InChI is InChI=1S/C22H26F3N6O5PS/c1-4-36-37(32,33)14-15-7-5-9-17(11-15)29-21-28-13-18(22(23,24)25)19(30-21)27-12-16-8-6-10-26-20(16)31(2)38(3,34)35/h5-11,13H,4,12,14H2,1-3H3,(H,32,33)(H2,27,28,29,30). The average Bonchev–Trinajstić information content (AvgIpc) is 2.81. The highest BCUT2D eigenvalue weighted by molar-refractivity contribution is 7.92. The molecule has 0 bridgehead atoms. The molecule has 1 atom stereocenters. The molecule has 0 aliphatic heterocycles. The van der Waals surface area contributed by atoms with Crippen molar-refractivity contribution >= 4 is 40.9 Å². The van der Waals surface area contributed by atoms with Gasteiger partial charge < -0.3 is 20.1 Å². The van der Waals surface area contributed by atoms with Crippen molar-refractivity contribution in [3.63, 3.8) is 0 Å². The number of alkyl halides is 3. The monoisotopic (exact) mass is 574 g/mol. The zero-order valence-corrected chi connectivity index (χ0v) is 22.3. The second-order valence-electron chi connectivity index (χ2n) is 8.06. The number of hydrogen-bond acceptors (Lipinski definition) is 9. The van der Waals surface area contributed by atoms with Gasteiger partial charge in [-0.15, -0.1) is 0 Å². The molecule has 16 heteroatoms. The molecular weight excluding hydrogens is 548 g/mol. The molecule has 2 aromatic heterocycles. The average molecular weight is 575 g/mol. The fourth-order valence-corrected chi connectivity index (χ4v) is 4.96. The lowest BCUT2D eigenvalue weighted by Crippen LogP contribution is -2.27. The van der Waals surface area contributed by atoms with Crippen molar-refractivity contribution in [3.05, 3.63) is 65.5 Å². The SMILES string of the molecule is CCOP(=O)(O)Cc1cccc(Nc2ncc(C(F)(F)F)c(NCc3cccnc3N(C)S(C)(=O)=O)n2)c1. The maximum atomic E-state index is 13.7. The number of hydrogen-bond donors (Lipinski definition) is 3. The van der Waals surface area contributed by atoms with Crippen molar-refractivity contribution in [2.24, 2.45) is 0 Å². The van der Waals surface area contributed by atoms with Crippen LogP contribution in [0, 0.1) is 0 Å². The van der Waals surface area contributed by atoms with Crippen LogP contribution in [-0.4, -0.2) is 48.2 Å². The van der Waals surface area contributed by atoms with Crippen LogP contribution in [0.25, 0.3) is 0 Å². The summed E-state index contributed by atoms with van der Waals surface area (Å²) in [5, 5.41) is 5.39. The van der Waals surface area contributed by atoms with Gasteiger partial charge in [-0.3, -0.25) is 8.87 Å². The van der Waals surface area contributed by atoms with Gasteiger partial charge in [0.1, 0.15) is 17.2 Å². The minimum absolute atomic E-state index is 0.0495. The van der Waals surface area contributed by atoms with Crippen molar-refractivity contribution in [3.8, 4) is 0 Å². The van der Waals surface area contributed by atoms with Crippen LogP contribution >= 0.6 is 7.60 Å². The second-order valence-corrected chi connectivity index (χ2v) is 11.9. The van der Waals surface area contributed by atoms with E-state index in [1.807, 2.05) is 0 Å². The van der Waals surface area contributed by atoms with Crippen LogP contribution in [0.1, 0.15) is 23.6 Å². The molecular formula is C22H26F3N6O5PS. The highest BCUT2D eigenvalue weighted by Gasteiger charge is 2.35. The second kappa shape index (κ2) is 11.6. The number of anilines is 4. The van der Waals surface area contributed by atoms with E-state index in [-0.39, 0.29) is 31.1 Å². The number of aromatic nitrogens is 3. The highest BCUT2D eigenvalue weighted by atomic mass is 32.2. The first kappa shape index (κ1) is 29.3. The number of sulfonamides is 1. The Morgan fingerprint density at radius 2 is 1.92 bits per heavy atom. The van der Waals surface area contributed by atoms with Crippen LogP contribution in [-0.2, 0) is 38.0 Å². The molecule has 3 aromatic rings. The number of nitrogens with one attached hydrogen (secondary N) is 2. The number of nitrogens with zero attached hydrogens (tertiary/aromatic N) is 4. The van der Waals surface area contributed by atoms with Crippen LogP contribution in [0.5, 0.6) is 0 Å². The maximum Gasteiger partial charge on any atom is 0.421 e. The van der Waals surface area contributed by atoms with Crippen molar-refractivity contribution in [1.82, 2.24) is 15.0 Å². The molecule has 1 unspecified atom stereocenters. The lowest BCUT2D eigenvalue weighted by Gasteiger charge is -2.20. The largest absolute Gasteiger partial charge is 0.421 e. The fraction of sp³-hybridized carbons (Fsp3) is 0.318. The molecule has 2 heterocycles. The van der Waals surface area contributed by atoms with Crippen LogP contribution < -0.4 is 14.9 Å². The predicted octanol–water partition coefficient (Wildman–Crippen LogP) is 4.36. The predicted molar refractivity (Wildman–Crippen MR) is 137 cm³/mol. The molecule has 0 aliphatic rings. The van der Waals surface area contributed by atoms with Gasteiger partial charge in [-0.05, 0) is 30.7 Å². The third kappa shape index (κ3) is 7.87. The first-order chi connectivity index (χ1) is 17.7. The van der Waals surface area contributed by atoms with Gasteiger partial charge in [0.15, 0.2) is 0 Å². The summed E-state index contributed by atoms with van der Waals surface area (Å²) in [5.41, 5.74) is 0.0152. The zero-order chi connectivity index (χ0) is 28.1. The van der Waals surface area contributed by atoms with E-state index in [9.17, 15) is 31.0 Å². The summed E-state index contributed by atoms with van der Waals surface area (Å²) in [6.45, 7) is 1.43. The molecule has 38 heavy (non-hydrogen) atoms. The van der Waals surface area contributed by atoms with E-state index in [4.69, 9.17) is 4.52 Å². The Hall–Kier alpha value is -3.26. The summed E-state index contributed by atoms with van der Waals surface area (Å²) < 4.78 is 82.8. The number of rotatable bonds is 11. The van der Waals surface area contributed by atoms with E-state index in [1.165, 1.54) is 31.4 Å². The minimum Gasteiger partial charge on any atom is -0.365 e. The van der Waals surface area contributed by atoms with Crippen LogP contribution in [0.3, 0.4) is 0 Å². The van der Waals surface area contributed by atoms with Crippen LogP contribution in [0.4, 0.5) is 36.4 Å². The Balaban J connectivity index is 1.88. The number of benzene rings is 1. The molecule has 0 radical (unpaired) electrons. The summed E-state index contributed by atoms with van der Waals surface area (Å²) in [5.74, 6) is -0.665. The van der Waals surface area contributed by atoms with Gasteiger partial charge in [-0.2, -0.15) is 18.2 Å². The lowest BCUT2D eigenvalue weighted by atomic mass is 10.2. The molecule has 3 N–H and O–H groups in total. The Morgan fingerprint density at radius 1 is 1.18 bits per heavy atom. The topological polar surface area (TPSA) is 147 Å². The van der Waals surface area contributed by atoms with E-state index in [2.05, 4.69) is 25.6 Å². The molecule has 3 rings (SSSR count). The molecule has 206 valence electrons. The Bertz CT molecular complexity index is 1440. The van der Waals surface area contributed by atoms with Crippen LogP contribution in [0.15, 0.2) is 48.8 Å². The normalized spacial score (nSPS) is 13.6. The van der Waals surface area contributed by atoms with E-state index < -0.39 is 35.2 Å². The molecule has 0 fully saturated rings. The third-order valence-electron chi connectivity index (χ3n) is 5.10. The molecule has 0 saturated carbocycles. The van der Waals surface area contributed by atoms with Gasteiger partial charge in [0.05, 0.1) is 19.0 Å². The number of halogens is 3. The Morgan fingerprint density at radius 3 is 2.58 bits per heavy atom. The molecule has 0 aliphatic carbocycles. The summed E-state index contributed by atoms with van der Waals surface area (Å²) in [4.78, 5) is 21.6. The van der Waals surface area contributed by atoms with Gasteiger partial charge in [0.2, 0.25) is 16.0 Å².